The molecular weight excluding hydrogens is 140 g/mol. The Kier molecular flexibility index (Phi) is 11.0. The lowest BCUT2D eigenvalue weighted by atomic mass is 10.3. The van der Waals surface area contributed by atoms with Crippen LogP contribution in [0.25, 0.3) is 0 Å². The summed E-state index contributed by atoms with van der Waals surface area (Å²) in [6.07, 6.45) is 2.38. The van der Waals surface area contributed by atoms with E-state index in [1.54, 1.807) is 13.8 Å². The van der Waals surface area contributed by atoms with E-state index in [1.807, 2.05) is 13.8 Å². The maximum atomic E-state index is 10.0. The molecule has 0 N–H and O–H groups in total. The second-order valence-corrected chi connectivity index (χ2v) is 2.51. The van der Waals surface area contributed by atoms with Crippen molar-refractivity contribution in [2.24, 2.45) is 0 Å². The van der Waals surface area contributed by atoms with Crippen LogP contribution in [0.5, 0.6) is 0 Å². The number of rotatable bonds is 3. The summed E-state index contributed by atoms with van der Waals surface area (Å²) >= 11 is 0. The molecule has 0 unspecified atom stereocenters. The molecular formula is C9H18O2. The van der Waals surface area contributed by atoms with Gasteiger partial charge in [0, 0.05) is 12.8 Å². The normalized spacial score (nSPS) is 8.00. The van der Waals surface area contributed by atoms with Crippen molar-refractivity contribution >= 4 is 11.6 Å². The molecule has 0 aromatic carbocycles. The molecule has 0 radical (unpaired) electrons. The number of hydrogen-bond acceptors (Lipinski definition) is 2. The zero-order valence-corrected chi connectivity index (χ0v) is 7.94. The highest BCUT2D eigenvalue weighted by molar-refractivity contribution is 5.75. The first-order valence-corrected chi connectivity index (χ1v) is 4.03. The molecule has 0 fully saturated rings. The molecule has 2 nitrogen and oxygen atoms in total. The molecule has 0 aliphatic heterocycles. The Balaban J connectivity index is 0. The number of hydrogen-bond donors (Lipinski definition) is 0. The summed E-state index contributed by atoms with van der Waals surface area (Å²) < 4.78 is 0. The summed E-state index contributed by atoms with van der Waals surface area (Å²) in [5.41, 5.74) is 0. The van der Waals surface area contributed by atoms with Gasteiger partial charge in [0.25, 0.3) is 0 Å². The molecule has 0 spiro atoms. The van der Waals surface area contributed by atoms with Crippen LogP contribution in [0, 0.1) is 0 Å². The Bertz CT molecular complexity index is 117. The molecule has 11 heavy (non-hydrogen) atoms. The van der Waals surface area contributed by atoms with Gasteiger partial charge in [-0.3, -0.25) is 0 Å². The first-order chi connectivity index (χ1) is 5.04. The summed E-state index contributed by atoms with van der Waals surface area (Å²) in [5, 5.41) is 0. The average molecular weight is 158 g/mol. The largest absolute Gasteiger partial charge is 0.300 e. The summed E-state index contributed by atoms with van der Waals surface area (Å²) in [6.45, 7) is 7.05. The van der Waals surface area contributed by atoms with Crippen LogP contribution in [0.1, 0.15) is 47.0 Å². The Hall–Kier alpha value is -0.660. The molecule has 0 aliphatic carbocycles. The fourth-order valence-corrected chi connectivity index (χ4v) is 0.352. The average Bonchev–Trinajstić information content (AvgIpc) is 1.89. The third-order valence-corrected chi connectivity index (χ3v) is 1.10. The van der Waals surface area contributed by atoms with E-state index in [1.165, 1.54) is 0 Å². The lowest BCUT2D eigenvalue weighted by Gasteiger charge is -1.80. The predicted octanol–water partition coefficient (Wildman–Crippen LogP) is 2.36. The number of carbonyl (C=O) groups is 2. The zero-order chi connectivity index (χ0) is 9.28. The van der Waals surface area contributed by atoms with Crippen LogP contribution in [0.3, 0.4) is 0 Å². The molecule has 0 atom stereocenters. The first-order valence-electron chi connectivity index (χ1n) is 4.03. The van der Waals surface area contributed by atoms with Gasteiger partial charge in [-0.15, -0.1) is 0 Å². The third kappa shape index (κ3) is 26.7. The van der Waals surface area contributed by atoms with E-state index in [9.17, 15) is 9.59 Å². The molecule has 0 rings (SSSR count). The third-order valence-electron chi connectivity index (χ3n) is 1.10. The predicted molar refractivity (Wildman–Crippen MR) is 46.6 cm³/mol. The van der Waals surface area contributed by atoms with Crippen LogP contribution >= 0.6 is 0 Å². The molecule has 66 valence electrons. The van der Waals surface area contributed by atoms with E-state index < -0.39 is 0 Å². The summed E-state index contributed by atoms with van der Waals surface area (Å²) in [4.78, 5) is 19.9. The van der Waals surface area contributed by atoms with Crippen molar-refractivity contribution in [3.8, 4) is 0 Å². The second-order valence-electron chi connectivity index (χ2n) is 2.51. The van der Waals surface area contributed by atoms with E-state index in [0.717, 1.165) is 12.8 Å². The van der Waals surface area contributed by atoms with E-state index in [2.05, 4.69) is 0 Å². The van der Waals surface area contributed by atoms with Crippen molar-refractivity contribution in [2.45, 2.75) is 47.0 Å². The fourth-order valence-electron chi connectivity index (χ4n) is 0.352. The highest BCUT2D eigenvalue weighted by Crippen LogP contribution is 1.84. The molecule has 0 aromatic rings. The first kappa shape index (κ1) is 13.0. The summed E-state index contributed by atoms with van der Waals surface area (Å²) in [6, 6.07) is 0. The van der Waals surface area contributed by atoms with Crippen molar-refractivity contribution in [3.05, 3.63) is 0 Å². The lowest BCUT2D eigenvalue weighted by molar-refractivity contribution is -0.117. The second kappa shape index (κ2) is 9.34. The SMILES string of the molecule is CCC(C)=O.CCCC(C)=O. The van der Waals surface area contributed by atoms with Gasteiger partial charge in [-0.25, -0.2) is 0 Å². The van der Waals surface area contributed by atoms with Crippen molar-refractivity contribution < 1.29 is 9.59 Å². The molecule has 0 saturated carbocycles. The maximum Gasteiger partial charge on any atom is 0.129 e. The van der Waals surface area contributed by atoms with Gasteiger partial charge in [0.05, 0.1) is 0 Å². The van der Waals surface area contributed by atoms with Crippen LogP contribution < -0.4 is 0 Å². The maximum absolute atomic E-state index is 10.0. The Morgan fingerprint density at radius 3 is 1.36 bits per heavy atom. The van der Waals surface area contributed by atoms with Crippen LogP contribution in [0.2, 0.25) is 0 Å². The van der Waals surface area contributed by atoms with E-state index >= 15 is 0 Å². The standard InChI is InChI=1S/C5H10O.C4H8O/c1-3-4-5(2)6;1-3-4(2)5/h3-4H2,1-2H3;3H2,1-2H3. The number of ketones is 2. The topological polar surface area (TPSA) is 34.1 Å². The van der Waals surface area contributed by atoms with Crippen LogP contribution in [-0.4, -0.2) is 11.6 Å². The van der Waals surface area contributed by atoms with Gasteiger partial charge >= 0.3 is 0 Å². The zero-order valence-electron chi connectivity index (χ0n) is 7.94. The van der Waals surface area contributed by atoms with Crippen LogP contribution in [0.15, 0.2) is 0 Å². The minimum Gasteiger partial charge on any atom is -0.300 e. The number of Topliss-reactive ketones (excluding diaryl/α,β-unsaturated/α-hetero) is 2. The highest BCUT2D eigenvalue weighted by Gasteiger charge is 1.83. The van der Waals surface area contributed by atoms with E-state index in [4.69, 9.17) is 0 Å². The quantitative estimate of drug-likeness (QED) is 0.631. The van der Waals surface area contributed by atoms with E-state index in [0.29, 0.717) is 6.42 Å². The number of carbonyl (C=O) groups excluding carboxylic acids is 2. The Morgan fingerprint density at radius 1 is 1.00 bits per heavy atom. The van der Waals surface area contributed by atoms with E-state index in [-0.39, 0.29) is 11.6 Å². The fraction of sp³-hybridized carbons (Fsp3) is 0.778. The van der Waals surface area contributed by atoms with Gasteiger partial charge in [-0.1, -0.05) is 13.8 Å². The monoisotopic (exact) mass is 158 g/mol. The van der Waals surface area contributed by atoms with Crippen LogP contribution in [-0.2, 0) is 9.59 Å². The molecule has 2 heteroatoms. The van der Waals surface area contributed by atoms with Crippen molar-refractivity contribution in [1.82, 2.24) is 0 Å². The Morgan fingerprint density at radius 2 is 1.36 bits per heavy atom. The lowest BCUT2D eigenvalue weighted by Crippen LogP contribution is -1.84. The van der Waals surface area contributed by atoms with Gasteiger partial charge in [0.15, 0.2) is 0 Å². The summed E-state index contributed by atoms with van der Waals surface area (Å²) in [7, 11) is 0. The van der Waals surface area contributed by atoms with Crippen molar-refractivity contribution in [1.29, 1.82) is 0 Å². The van der Waals surface area contributed by atoms with Gasteiger partial charge in [-0.2, -0.15) is 0 Å². The van der Waals surface area contributed by atoms with Crippen molar-refractivity contribution in [3.63, 3.8) is 0 Å². The van der Waals surface area contributed by atoms with Gasteiger partial charge < -0.3 is 9.59 Å². The molecule has 0 aliphatic rings. The molecule has 0 aromatic heterocycles. The smallest absolute Gasteiger partial charge is 0.129 e. The molecule has 0 bridgehead atoms. The van der Waals surface area contributed by atoms with Gasteiger partial charge in [0.1, 0.15) is 11.6 Å². The van der Waals surface area contributed by atoms with Gasteiger partial charge in [0.2, 0.25) is 0 Å². The Labute approximate surface area is 69.0 Å². The van der Waals surface area contributed by atoms with Crippen LogP contribution in [0.4, 0.5) is 0 Å². The molecule has 0 amide bonds. The minimum absolute atomic E-state index is 0.255. The summed E-state index contributed by atoms with van der Waals surface area (Å²) in [5.74, 6) is 0.544. The molecule has 0 saturated heterocycles. The molecule has 0 heterocycles. The minimum atomic E-state index is 0.255. The van der Waals surface area contributed by atoms with Gasteiger partial charge in [-0.05, 0) is 20.3 Å². The highest BCUT2D eigenvalue weighted by atomic mass is 16.1. The van der Waals surface area contributed by atoms with Crippen molar-refractivity contribution in [2.75, 3.05) is 0 Å².